The summed E-state index contributed by atoms with van der Waals surface area (Å²) >= 11 is 0. The quantitative estimate of drug-likeness (QED) is 0.702. The molecule has 0 aromatic carbocycles. The zero-order valence-electron chi connectivity index (χ0n) is 10.4. The first-order valence-electron chi connectivity index (χ1n) is 5.60. The molecule has 1 aromatic rings. The first kappa shape index (κ1) is 13.9. The lowest BCUT2D eigenvalue weighted by Gasteiger charge is -2.05. The Labute approximate surface area is 105 Å². The predicted octanol–water partition coefficient (Wildman–Crippen LogP) is 0.201. The molecule has 2 N–H and O–H groups in total. The number of hydrogen-bond donors (Lipinski definition) is 2. The summed E-state index contributed by atoms with van der Waals surface area (Å²) in [5.74, 6) is -0.0486. The fourth-order valence-electron chi connectivity index (χ4n) is 1.23. The molecule has 98 valence electrons. The maximum Gasteiger partial charge on any atom is 0.358 e. The van der Waals surface area contributed by atoms with Gasteiger partial charge in [-0.15, -0.1) is 10.2 Å². The molecule has 7 heteroatoms. The van der Waals surface area contributed by atoms with Crippen LogP contribution in [0, 0.1) is 0 Å². The molecule has 0 aliphatic carbocycles. The van der Waals surface area contributed by atoms with E-state index in [0.29, 0.717) is 25.3 Å². The summed E-state index contributed by atoms with van der Waals surface area (Å²) in [5, 5.41) is 13.1. The van der Waals surface area contributed by atoms with Crippen molar-refractivity contribution in [3.05, 3.63) is 17.8 Å². The van der Waals surface area contributed by atoms with Crippen molar-refractivity contribution >= 4 is 17.7 Å². The zero-order chi connectivity index (χ0) is 13.4. The van der Waals surface area contributed by atoms with Crippen LogP contribution in [0.1, 0.15) is 23.8 Å². The number of nitrogens with zero attached hydrogens (tertiary/aromatic N) is 2. The Kier molecular flexibility index (Phi) is 5.56. The Balaban J connectivity index is 2.40. The topological polar surface area (TPSA) is 93.2 Å². The number of ether oxygens (including phenoxy) is 1. The fraction of sp³-hybridized carbons (Fsp3) is 0.455. The van der Waals surface area contributed by atoms with Gasteiger partial charge in [-0.1, -0.05) is 0 Å². The molecule has 1 amide bonds. The van der Waals surface area contributed by atoms with Crippen molar-refractivity contribution in [2.75, 3.05) is 25.5 Å². The SMILES string of the molecule is CCNC(=O)CCNc1ccc(C(=O)OC)nn1. The van der Waals surface area contributed by atoms with E-state index in [0.717, 1.165) is 0 Å². The summed E-state index contributed by atoms with van der Waals surface area (Å²) in [6.07, 6.45) is 0.355. The van der Waals surface area contributed by atoms with Crippen LogP contribution in [0.5, 0.6) is 0 Å². The second kappa shape index (κ2) is 7.21. The standard InChI is InChI=1S/C11H16N4O3/c1-3-12-10(16)6-7-13-9-5-4-8(14-15-9)11(17)18-2/h4-5H,3,6-7H2,1-2H3,(H,12,16)(H,13,15). The molecule has 0 bridgehead atoms. The third-order valence-electron chi connectivity index (χ3n) is 2.09. The highest BCUT2D eigenvalue weighted by Gasteiger charge is 2.07. The van der Waals surface area contributed by atoms with Crippen LogP contribution < -0.4 is 10.6 Å². The van der Waals surface area contributed by atoms with E-state index in [1.54, 1.807) is 6.07 Å². The van der Waals surface area contributed by atoms with Crippen molar-refractivity contribution in [2.24, 2.45) is 0 Å². The van der Waals surface area contributed by atoms with E-state index in [4.69, 9.17) is 0 Å². The maximum absolute atomic E-state index is 11.2. The minimum Gasteiger partial charge on any atom is -0.464 e. The molecule has 0 radical (unpaired) electrons. The lowest BCUT2D eigenvalue weighted by Crippen LogP contribution is -2.24. The predicted molar refractivity (Wildman–Crippen MR) is 65.2 cm³/mol. The van der Waals surface area contributed by atoms with Gasteiger partial charge in [-0.25, -0.2) is 4.79 Å². The highest BCUT2D eigenvalue weighted by Crippen LogP contribution is 2.02. The van der Waals surface area contributed by atoms with Gasteiger partial charge in [0.2, 0.25) is 5.91 Å². The number of carbonyl (C=O) groups excluding carboxylic acids is 2. The molecular weight excluding hydrogens is 236 g/mol. The summed E-state index contributed by atoms with van der Waals surface area (Å²) in [7, 11) is 1.28. The van der Waals surface area contributed by atoms with Gasteiger partial charge < -0.3 is 15.4 Å². The van der Waals surface area contributed by atoms with Crippen LogP contribution >= 0.6 is 0 Å². The monoisotopic (exact) mass is 252 g/mol. The fourth-order valence-corrected chi connectivity index (χ4v) is 1.23. The Hall–Kier alpha value is -2.18. The molecule has 0 saturated heterocycles. The molecule has 0 aliphatic rings. The number of methoxy groups -OCH3 is 1. The third-order valence-corrected chi connectivity index (χ3v) is 2.09. The normalized spacial score (nSPS) is 9.67. The largest absolute Gasteiger partial charge is 0.464 e. The summed E-state index contributed by atoms with van der Waals surface area (Å²) in [4.78, 5) is 22.3. The van der Waals surface area contributed by atoms with Crippen molar-refractivity contribution in [1.29, 1.82) is 0 Å². The summed E-state index contributed by atoms with van der Waals surface area (Å²) in [6, 6.07) is 3.12. The second-order valence-electron chi connectivity index (χ2n) is 3.43. The number of esters is 1. The lowest BCUT2D eigenvalue weighted by molar-refractivity contribution is -0.120. The van der Waals surface area contributed by atoms with Gasteiger partial charge in [-0.05, 0) is 19.1 Å². The lowest BCUT2D eigenvalue weighted by atomic mass is 10.3. The van der Waals surface area contributed by atoms with Crippen LogP contribution in [0.3, 0.4) is 0 Å². The van der Waals surface area contributed by atoms with Crippen LogP contribution in [0.2, 0.25) is 0 Å². The average molecular weight is 252 g/mol. The van der Waals surface area contributed by atoms with E-state index < -0.39 is 5.97 Å². The smallest absolute Gasteiger partial charge is 0.358 e. The van der Waals surface area contributed by atoms with Crippen molar-refractivity contribution in [3.8, 4) is 0 Å². The molecule has 0 aliphatic heterocycles. The molecule has 0 spiro atoms. The van der Waals surface area contributed by atoms with Crippen molar-refractivity contribution in [2.45, 2.75) is 13.3 Å². The molecule has 1 heterocycles. The summed E-state index contributed by atoms with van der Waals surface area (Å²) in [6.45, 7) is 2.94. The molecule has 0 saturated carbocycles. The van der Waals surface area contributed by atoms with Gasteiger partial charge in [0, 0.05) is 19.5 Å². The number of amides is 1. The molecular formula is C11H16N4O3. The molecule has 0 unspecified atom stereocenters. The number of rotatable bonds is 6. The van der Waals surface area contributed by atoms with Gasteiger partial charge in [0.15, 0.2) is 5.69 Å². The van der Waals surface area contributed by atoms with Crippen LogP contribution in [-0.4, -0.2) is 42.3 Å². The highest BCUT2D eigenvalue weighted by molar-refractivity contribution is 5.86. The number of hydrogen-bond acceptors (Lipinski definition) is 6. The van der Waals surface area contributed by atoms with Crippen molar-refractivity contribution in [3.63, 3.8) is 0 Å². The molecule has 7 nitrogen and oxygen atoms in total. The van der Waals surface area contributed by atoms with Crippen LogP contribution in [0.15, 0.2) is 12.1 Å². The van der Waals surface area contributed by atoms with Crippen LogP contribution in [0.25, 0.3) is 0 Å². The van der Waals surface area contributed by atoms with E-state index in [1.165, 1.54) is 13.2 Å². The van der Waals surface area contributed by atoms with Gasteiger partial charge in [-0.3, -0.25) is 4.79 Å². The van der Waals surface area contributed by atoms with Crippen molar-refractivity contribution in [1.82, 2.24) is 15.5 Å². The van der Waals surface area contributed by atoms with E-state index in [1.807, 2.05) is 6.92 Å². The van der Waals surface area contributed by atoms with E-state index in [9.17, 15) is 9.59 Å². The molecule has 1 rings (SSSR count). The maximum atomic E-state index is 11.2. The number of nitrogens with one attached hydrogen (secondary N) is 2. The second-order valence-corrected chi connectivity index (χ2v) is 3.43. The third kappa shape index (κ3) is 4.36. The molecule has 18 heavy (non-hydrogen) atoms. The summed E-state index contributed by atoms with van der Waals surface area (Å²) < 4.78 is 4.50. The Morgan fingerprint density at radius 2 is 2.11 bits per heavy atom. The van der Waals surface area contributed by atoms with Gasteiger partial charge >= 0.3 is 5.97 Å². The minimum atomic E-state index is -0.531. The van der Waals surface area contributed by atoms with Gasteiger partial charge in [0.05, 0.1) is 7.11 Å². The van der Waals surface area contributed by atoms with Gasteiger partial charge in [0.25, 0.3) is 0 Å². The van der Waals surface area contributed by atoms with E-state index in [-0.39, 0.29) is 11.6 Å². The average Bonchev–Trinajstić information content (AvgIpc) is 2.39. The number of aromatic nitrogens is 2. The Bertz CT molecular complexity index is 405. The highest BCUT2D eigenvalue weighted by atomic mass is 16.5. The van der Waals surface area contributed by atoms with Gasteiger partial charge in [0.1, 0.15) is 5.82 Å². The molecule has 0 fully saturated rings. The van der Waals surface area contributed by atoms with Crippen molar-refractivity contribution < 1.29 is 14.3 Å². The summed E-state index contributed by atoms with van der Waals surface area (Å²) in [5.41, 5.74) is 0.145. The minimum absolute atomic E-state index is 0.0239. The zero-order valence-corrected chi connectivity index (χ0v) is 10.4. The first-order valence-corrected chi connectivity index (χ1v) is 5.60. The van der Waals surface area contributed by atoms with Crippen LogP contribution in [0.4, 0.5) is 5.82 Å². The Morgan fingerprint density at radius 1 is 1.33 bits per heavy atom. The van der Waals surface area contributed by atoms with E-state index >= 15 is 0 Å². The molecule has 0 atom stereocenters. The molecule has 1 aromatic heterocycles. The first-order chi connectivity index (χ1) is 8.67. The van der Waals surface area contributed by atoms with Crippen LogP contribution in [-0.2, 0) is 9.53 Å². The van der Waals surface area contributed by atoms with E-state index in [2.05, 4.69) is 25.6 Å². The number of carbonyl (C=O) groups is 2. The van der Waals surface area contributed by atoms with Gasteiger partial charge in [-0.2, -0.15) is 0 Å². The number of anilines is 1. The Morgan fingerprint density at radius 3 is 2.67 bits per heavy atom.